The minimum Gasteiger partial charge on any atom is -0.286 e. The maximum Gasteiger partial charge on any atom is 0.265 e. The van der Waals surface area contributed by atoms with Crippen molar-refractivity contribution in [3.63, 3.8) is 0 Å². The molecule has 0 aliphatic heterocycles. The monoisotopic (exact) mass is 318 g/mol. The van der Waals surface area contributed by atoms with E-state index >= 15 is 0 Å². The lowest BCUT2D eigenvalue weighted by molar-refractivity contribution is 0.469. The van der Waals surface area contributed by atoms with Crippen molar-refractivity contribution in [1.29, 1.82) is 0 Å². The molecule has 0 bridgehead atoms. The van der Waals surface area contributed by atoms with Crippen molar-refractivity contribution in [3.8, 4) is 0 Å². The van der Waals surface area contributed by atoms with Crippen molar-refractivity contribution in [1.82, 2.24) is 0 Å². The molecule has 0 aromatic rings. The van der Waals surface area contributed by atoms with E-state index in [1.807, 2.05) is 20.8 Å². The van der Waals surface area contributed by atoms with Crippen molar-refractivity contribution in [3.05, 3.63) is 0 Å². The van der Waals surface area contributed by atoms with Gasteiger partial charge in [0.1, 0.15) is 0 Å². The van der Waals surface area contributed by atoms with E-state index in [1.54, 1.807) is 13.1 Å². The molecule has 0 aliphatic carbocycles. The molecular weight excluding hydrogens is 296 g/mol. The molecule has 0 radical (unpaired) electrons. The van der Waals surface area contributed by atoms with Gasteiger partial charge >= 0.3 is 0 Å². The standard InChI is InChI=1S/C9H22O6S2Si/c1-9(2,3)18(4,5)8(17(13,14)15)6-7-16(10,11)12/h8H,6-7H2,1-5H3,(H,10,11,12)(H,13,14,15). The van der Waals surface area contributed by atoms with Crippen LogP contribution in [0.2, 0.25) is 18.1 Å². The van der Waals surface area contributed by atoms with Gasteiger partial charge in [-0.15, -0.1) is 0 Å². The molecule has 0 spiro atoms. The van der Waals surface area contributed by atoms with Gasteiger partial charge in [0.2, 0.25) is 0 Å². The van der Waals surface area contributed by atoms with Crippen molar-refractivity contribution < 1.29 is 25.9 Å². The topological polar surface area (TPSA) is 109 Å². The third-order valence-electron chi connectivity index (χ3n) is 3.74. The lowest BCUT2D eigenvalue weighted by Gasteiger charge is -2.41. The summed E-state index contributed by atoms with van der Waals surface area (Å²) in [6.45, 7) is 9.17. The molecular formula is C9H22O6S2Si. The summed E-state index contributed by atoms with van der Waals surface area (Å²) in [5, 5.41) is -0.327. The van der Waals surface area contributed by atoms with Crippen LogP contribution in [-0.2, 0) is 20.2 Å². The van der Waals surface area contributed by atoms with Crippen LogP contribution in [0, 0.1) is 0 Å². The molecule has 0 saturated carbocycles. The van der Waals surface area contributed by atoms with Crippen LogP contribution in [0.4, 0.5) is 0 Å². The fraction of sp³-hybridized carbons (Fsp3) is 1.00. The zero-order chi connectivity index (χ0) is 15.0. The van der Waals surface area contributed by atoms with Crippen LogP contribution in [0.15, 0.2) is 0 Å². The van der Waals surface area contributed by atoms with Gasteiger partial charge in [0.15, 0.2) is 0 Å². The molecule has 0 rings (SSSR count). The van der Waals surface area contributed by atoms with Gasteiger partial charge in [-0.05, 0) is 11.5 Å². The van der Waals surface area contributed by atoms with Crippen molar-refractivity contribution in [2.75, 3.05) is 5.75 Å². The molecule has 110 valence electrons. The smallest absolute Gasteiger partial charge is 0.265 e. The minimum absolute atomic E-state index is 0.284. The van der Waals surface area contributed by atoms with Crippen LogP contribution >= 0.6 is 0 Å². The zero-order valence-corrected chi connectivity index (χ0v) is 14.0. The van der Waals surface area contributed by atoms with Gasteiger partial charge in [-0.25, -0.2) is 0 Å². The molecule has 0 saturated heterocycles. The molecule has 2 N–H and O–H groups in total. The first-order chi connectivity index (χ1) is 7.59. The first kappa shape index (κ1) is 18.0. The van der Waals surface area contributed by atoms with Crippen LogP contribution in [0.3, 0.4) is 0 Å². The quantitative estimate of drug-likeness (QED) is 0.588. The summed E-state index contributed by atoms with van der Waals surface area (Å²) < 4.78 is 62.4. The Kier molecular flexibility index (Phi) is 5.21. The Morgan fingerprint density at radius 3 is 1.67 bits per heavy atom. The minimum atomic E-state index is -4.34. The van der Waals surface area contributed by atoms with E-state index in [2.05, 4.69) is 0 Å². The Morgan fingerprint density at radius 1 is 1.06 bits per heavy atom. The Labute approximate surface area is 110 Å². The average Bonchev–Trinajstić information content (AvgIpc) is 1.95. The lowest BCUT2D eigenvalue weighted by Crippen LogP contribution is -2.53. The van der Waals surface area contributed by atoms with E-state index in [9.17, 15) is 21.4 Å². The largest absolute Gasteiger partial charge is 0.286 e. The molecule has 1 unspecified atom stereocenters. The molecule has 18 heavy (non-hydrogen) atoms. The molecule has 0 amide bonds. The Morgan fingerprint density at radius 2 is 1.44 bits per heavy atom. The summed E-state index contributed by atoms with van der Waals surface area (Å²) in [5.41, 5.74) is 0. The molecule has 0 fully saturated rings. The second-order valence-corrected chi connectivity index (χ2v) is 15.3. The summed E-state index contributed by atoms with van der Waals surface area (Å²) in [7, 11) is -11.1. The first-order valence-electron chi connectivity index (χ1n) is 5.50. The highest BCUT2D eigenvalue weighted by Crippen LogP contribution is 2.41. The van der Waals surface area contributed by atoms with Crippen molar-refractivity contribution in [2.24, 2.45) is 0 Å². The number of hydrogen-bond donors (Lipinski definition) is 2. The molecule has 1 atom stereocenters. The predicted molar refractivity (Wildman–Crippen MR) is 73.6 cm³/mol. The molecule has 0 aromatic carbocycles. The SMILES string of the molecule is CC(C)(C)[Si](C)(C)C(CCS(=O)(=O)O)S(=O)(=O)O. The average molecular weight is 318 g/mol. The van der Waals surface area contributed by atoms with E-state index in [0.717, 1.165) is 0 Å². The summed E-state index contributed by atoms with van der Waals surface area (Å²) in [4.78, 5) is -1.12. The van der Waals surface area contributed by atoms with Crippen LogP contribution in [0.5, 0.6) is 0 Å². The van der Waals surface area contributed by atoms with Crippen LogP contribution in [0.1, 0.15) is 27.2 Å². The summed E-state index contributed by atoms with van der Waals surface area (Å²) in [6, 6.07) is 0. The van der Waals surface area contributed by atoms with E-state index < -0.39 is 38.9 Å². The zero-order valence-electron chi connectivity index (χ0n) is 11.3. The van der Waals surface area contributed by atoms with Gasteiger partial charge < -0.3 is 0 Å². The third-order valence-corrected chi connectivity index (χ3v) is 13.9. The number of rotatable bonds is 5. The molecule has 6 nitrogen and oxygen atoms in total. The Balaban J connectivity index is 5.42. The van der Waals surface area contributed by atoms with E-state index in [4.69, 9.17) is 4.55 Å². The lowest BCUT2D eigenvalue weighted by atomic mass is 10.2. The molecule has 0 aromatic heterocycles. The van der Waals surface area contributed by atoms with Gasteiger partial charge in [-0.3, -0.25) is 9.11 Å². The van der Waals surface area contributed by atoms with E-state index in [1.165, 1.54) is 0 Å². The van der Waals surface area contributed by atoms with Crippen LogP contribution < -0.4 is 0 Å². The maximum absolute atomic E-state index is 11.5. The second-order valence-electron chi connectivity index (χ2n) is 6.05. The highest BCUT2D eigenvalue weighted by Gasteiger charge is 2.48. The van der Waals surface area contributed by atoms with E-state index in [0.29, 0.717) is 0 Å². The summed E-state index contributed by atoms with van der Waals surface area (Å²) in [5.74, 6) is -0.663. The van der Waals surface area contributed by atoms with Gasteiger partial charge in [-0.2, -0.15) is 16.8 Å². The van der Waals surface area contributed by atoms with Crippen LogP contribution in [-0.4, -0.2) is 44.6 Å². The van der Waals surface area contributed by atoms with Gasteiger partial charge in [-0.1, -0.05) is 33.9 Å². The second kappa shape index (κ2) is 5.20. The van der Waals surface area contributed by atoms with Crippen LogP contribution in [0.25, 0.3) is 0 Å². The van der Waals surface area contributed by atoms with Gasteiger partial charge in [0, 0.05) is 0 Å². The Bertz CT molecular complexity index is 486. The highest BCUT2D eigenvalue weighted by molar-refractivity contribution is 7.88. The van der Waals surface area contributed by atoms with E-state index in [-0.39, 0.29) is 11.5 Å². The fourth-order valence-corrected chi connectivity index (χ4v) is 8.80. The van der Waals surface area contributed by atoms with Crippen molar-refractivity contribution in [2.45, 2.75) is 50.2 Å². The first-order valence-corrected chi connectivity index (χ1v) is 11.7. The Hall–Kier alpha value is 0.0369. The fourth-order valence-electron chi connectivity index (χ4n) is 1.62. The molecule has 0 heterocycles. The number of hydrogen-bond acceptors (Lipinski definition) is 4. The molecule has 0 aliphatic rings. The van der Waals surface area contributed by atoms with Gasteiger partial charge in [0.25, 0.3) is 20.2 Å². The highest BCUT2D eigenvalue weighted by atomic mass is 32.2. The summed E-state index contributed by atoms with van der Waals surface area (Å²) >= 11 is 0. The third kappa shape index (κ3) is 4.96. The predicted octanol–water partition coefficient (Wildman–Crippen LogP) is 1.57. The normalized spacial score (nSPS) is 16.6. The molecule has 9 heteroatoms. The maximum atomic E-state index is 11.5. The summed E-state index contributed by atoms with van der Waals surface area (Å²) in [6.07, 6.45) is -0.284. The van der Waals surface area contributed by atoms with Gasteiger partial charge in [0.05, 0.1) is 18.7 Å². The van der Waals surface area contributed by atoms with Crippen molar-refractivity contribution >= 4 is 28.3 Å².